The monoisotopic (exact) mass is 447 g/mol. The van der Waals surface area contributed by atoms with Gasteiger partial charge >= 0.3 is 5.97 Å². The van der Waals surface area contributed by atoms with Gasteiger partial charge in [-0.05, 0) is 61.7 Å². The molecule has 0 saturated heterocycles. The van der Waals surface area contributed by atoms with Crippen molar-refractivity contribution in [2.24, 2.45) is 0 Å². The van der Waals surface area contributed by atoms with E-state index in [1.807, 2.05) is 31.2 Å². The number of rotatable bonds is 7. The smallest absolute Gasteiger partial charge is 0.306 e. The van der Waals surface area contributed by atoms with Crippen LogP contribution in [0.15, 0.2) is 40.9 Å². The molecule has 0 amide bonds. The average Bonchev–Trinajstić information content (AvgIpc) is 3.55. The van der Waals surface area contributed by atoms with Gasteiger partial charge in [-0.25, -0.2) is 0 Å². The van der Waals surface area contributed by atoms with Gasteiger partial charge in [0.15, 0.2) is 11.5 Å². The summed E-state index contributed by atoms with van der Waals surface area (Å²) in [5, 5.41) is 5.32. The summed E-state index contributed by atoms with van der Waals surface area (Å²) < 4.78 is 21.3. The predicted octanol–water partition coefficient (Wildman–Crippen LogP) is 4.89. The molecule has 4 aromatic rings. The average molecular weight is 447 g/mol. The lowest BCUT2D eigenvalue weighted by Crippen LogP contribution is -2.08. The molecule has 0 saturated carbocycles. The van der Waals surface area contributed by atoms with E-state index in [1.165, 1.54) is 5.56 Å². The van der Waals surface area contributed by atoms with E-state index >= 15 is 0 Å². The first-order valence-electron chi connectivity index (χ1n) is 11.0. The fraction of sp³-hybridized carbons (Fsp3) is 0.320. The lowest BCUT2D eigenvalue weighted by atomic mass is 10.0. The SMILES string of the molecule is CCOC(=O)CC1CCc2c1[nH]c1ccc(-c3noc(-c4ccc(OC)c(OC)c4)n3)cc21. The minimum absolute atomic E-state index is 0.149. The Hall–Kier alpha value is -3.81. The summed E-state index contributed by atoms with van der Waals surface area (Å²) in [5.74, 6) is 2.16. The van der Waals surface area contributed by atoms with Gasteiger partial charge in [-0.3, -0.25) is 4.79 Å². The summed E-state index contributed by atoms with van der Waals surface area (Å²) in [6.45, 7) is 2.24. The summed E-state index contributed by atoms with van der Waals surface area (Å²) in [5.41, 5.74) is 5.05. The Bertz CT molecular complexity index is 1320. The van der Waals surface area contributed by atoms with Crippen LogP contribution in [0, 0.1) is 0 Å². The molecule has 2 aromatic carbocycles. The van der Waals surface area contributed by atoms with Gasteiger partial charge < -0.3 is 23.7 Å². The first-order valence-corrected chi connectivity index (χ1v) is 11.0. The Morgan fingerprint density at radius 1 is 1.12 bits per heavy atom. The van der Waals surface area contributed by atoms with Crippen LogP contribution in [0.25, 0.3) is 33.7 Å². The second-order valence-electron chi connectivity index (χ2n) is 8.02. The quantitative estimate of drug-likeness (QED) is 0.403. The van der Waals surface area contributed by atoms with E-state index < -0.39 is 0 Å². The molecule has 170 valence electrons. The second kappa shape index (κ2) is 8.61. The van der Waals surface area contributed by atoms with E-state index in [1.54, 1.807) is 20.3 Å². The molecule has 1 unspecified atom stereocenters. The topological polar surface area (TPSA) is 99.5 Å². The highest BCUT2D eigenvalue weighted by Gasteiger charge is 2.29. The molecule has 0 aliphatic heterocycles. The minimum atomic E-state index is -0.149. The first-order chi connectivity index (χ1) is 16.1. The van der Waals surface area contributed by atoms with Crippen molar-refractivity contribution in [2.75, 3.05) is 20.8 Å². The van der Waals surface area contributed by atoms with E-state index in [4.69, 9.17) is 18.7 Å². The van der Waals surface area contributed by atoms with Crippen LogP contribution in [-0.2, 0) is 16.0 Å². The van der Waals surface area contributed by atoms with Gasteiger partial charge in [-0.15, -0.1) is 0 Å². The number of hydrogen-bond donors (Lipinski definition) is 1. The summed E-state index contributed by atoms with van der Waals surface area (Å²) >= 11 is 0. The highest BCUT2D eigenvalue weighted by atomic mass is 16.5. The number of methoxy groups -OCH3 is 2. The molecule has 0 fully saturated rings. The van der Waals surface area contributed by atoms with Crippen molar-refractivity contribution < 1.29 is 23.5 Å². The van der Waals surface area contributed by atoms with Crippen LogP contribution in [0.5, 0.6) is 11.5 Å². The number of carbonyl (C=O) groups excluding carboxylic acids is 1. The maximum atomic E-state index is 12.0. The second-order valence-corrected chi connectivity index (χ2v) is 8.02. The zero-order valence-electron chi connectivity index (χ0n) is 18.8. The van der Waals surface area contributed by atoms with Crippen molar-refractivity contribution in [3.05, 3.63) is 47.7 Å². The molecule has 0 radical (unpaired) electrons. The largest absolute Gasteiger partial charge is 0.493 e. The van der Waals surface area contributed by atoms with Gasteiger partial charge in [0, 0.05) is 33.6 Å². The maximum Gasteiger partial charge on any atom is 0.306 e. The third-order valence-corrected chi connectivity index (χ3v) is 6.12. The van der Waals surface area contributed by atoms with Gasteiger partial charge in [0.05, 0.1) is 27.2 Å². The van der Waals surface area contributed by atoms with Crippen LogP contribution in [0.4, 0.5) is 0 Å². The predicted molar refractivity (Wildman–Crippen MR) is 122 cm³/mol. The van der Waals surface area contributed by atoms with E-state index in [0.717, 1.165) is 40.6 Å². The van der Waals surface area contributed by atoms with Crippen molar-refractivity contribution in [1.29, 1.82) is 0 Å². The van der Waals surface area contributed by atoms with Gasteiger partial charge in [0.2, 0.25) is 5.82 Å². The van der Waals surface area contributed by atoms with Crippen LogP contribution in [0.2, 0.25) is 0 Å². The van der Waals surface area contributed by atoms with Crippen LogP contribution >= 0.6 is 0 Å². The first kappa shape index (κ1) is 21.1. The number of nitrogens with one attached hydrogen (secondary N) is 1. The van der Waals surface area contributed by atoms with Crippen LogP contribution < -0.4 is 9.47 Å². The summed E-state index contributed by atoms with van der Waals surface area (Å²) in [4.78, 5) is 20.1. The van der Waals surface area contributed by atoms with E-state index in [9.17, 15) is 4.79 Å². The Balaban J connectivity index is 1.44. The van der Waals surface area contributed by atoms with Crippen LogP contribution in [0.1, 0.15) is 36.9 Å². The normalized spacial score (nSPS) is 14.9. The van der Waals surface area contributed by atoms with Crippen LogP contribution in [-0.4, -0.2) is 41.9 Å². The molecule has 2 heterocycles. The Kier molecular flexibility index (Phi) is 5.50. The number of nitrogens with zero attached hydrogens (tertiary/aromatic N) is 2. The molecule has 0 bridgehead atoms. The maximum absolute atomic E-state index is 12.0. The van der Waals surface area contributed by atoms with E-state index in [0.29, 0.717) is 36.2 Å². The van der Waals surface area contributed by atoms with Gasteiger partial charge in [-0.1, -0.05) is 5.16 Å². The lowest BCUT2D eigenvalue weighted by molar-refractivity contribution is -0.143. The number of hydrogen-bond acceptors (Lipinski definition) is 7. The van der Waals surface area contributed by atoms with E-state index in [2.05, 4.69) is 21.2 Å². The van der Waals surface area contributed by atoms with Crippen molar-refractivity contribution in [2.45, 2.75) is 32.1 Å². The van der Waals surface area contributed by atoms with Crippen molar-refractivity contribution >= 4 is 16.9 Å². The zero-order valence-corrected chi connectivity index (χ0v) is 18.8. The molecule has 5 rings (SSSR count). The van der Waals surface area contributed by atoms with E-state index in [-0.39, 0.29) is 11.9 Å². The number of esters is 1. The molecule has 2 aromatic heterocycles. The number of carbonyl (C=O) groups is 1. The number of benzene rings is 2. The highest BCUT2D eigenvalue weighted by Crippen LogP contribution is 2.40. The summed E-state index contributed by atoms with van der Waals surface area (Å²) in [6.07, 6.45) is 2.26. The van der Waals surface area contributed by atoms with Crippen LogP contribution in [0.3, 0.4) is 0 Å². The number of aromatic nitrogens is 3. The molecule has 8 nitrogen and oxygen atoms in total. The molecule has 33 heavy (non-hydrogen) atoms. The number of aryl methyl sites for hydroxylation is 1. The number of H-pyrrole nitrogens is 1. The third-order valence-electron chi connectivity index (χ3n) is 6.12. The number of fused-ring (bicyclic) bond motifs is 3. The third kappa shape index (κ3) is 3.82. The Morgan fingerprint density at radius 2 is 1.94 bits per heavy atom. The molecular weight excluding hydrogens is 422 g/mol. The standard InChI is InChI=1S/C25H25N3O5/c1-4-32-22(29)13-14-5-8-17-18-11-15(6-9-19(18)26-23(14)17)24-27-25(33-28-24)16-7-10-20(30-2)21(12-16)31-3/h6-7,9-12,14,26H,4-5,8,13H2,1-3H3. The summed E-state index contributed by atoms with van der Waals surface area (Å²) in [6, 6.07) is 11.5. The molecule has 1 atom stereocenters. The Labute approximate surface area is 190 Å². The fourth-order valence-electron chi connectivity index (χ4n) is 4.54. The van der Waals surface area contributed by atoms with Crippen molar-refractivity contribution in [3.8, 4) is 34.3 Å². The van der Waals surface area contributed by atoms with Gasteiger partial charge in [0.1, 0.15) is 0 Å². The van der Waals surface area contributed by atoms with Crippen molar-refractivity contribution in [3.63, 3.8) is 0 Å². The molecule has 1 aliphatic rings. The number of aromatic amines is 1. The minimum Gasteiger partial charge on any atom is -0.493 e. The molecule has 0 spiro atoms. The molecule has 1 N–H and O–H groups in total. The lowest BCUT2D eigenvalue weighted by Gasteiger charge is -2.08. The van der Waals surface area contributed by atoms with Gasteiger partial charge in [0.25, 0.3) is 5.89 Å². The molecule has 8 heteroatoms. The van der Waals surface area contributed by atoms with Gasteiger partial charge in [-0.2, -0.15) is 4.98 Å². The fourth-order valence-corrected chi connectivity index (χ4v) is 4.54. The molecular formula is C25H25N3O5. The zero-order chi connectivity index (χ0) is 22.9. The van der Waals surface area contributed by atoms with Crippen molar-refractivity contribution in [1.82, 2.24) is 15.1 Å². The summed E-state index contributed by atoms with van der Waals surface area (Å²) in [7, 11) is 3.18. The number of ether oxygens (including phenoxy) is 3. The molecule has 1 aliphatic carbocycles. The Morgan fingerprint density at radius 3 is 2.73 bits per heavy atom. The highest BCUT2D eigenvalue weighted by molar-refractivity contribution is 5.89.